The molecule has 0 radical (unpaired) electrons. The van der Waals surface area contributed by atoms with Gasteiger partial charge in [0.15, 0.2) is 0 Å². The fraction of sp³-hybridized carbons (Fsp3) is 0.111. The molecular weight excluding hydrogens is 232 g/mol. The van der Waals surface area contributed by atoms with Gasteiger partial charge in [0.1, 0.15) is 6.10 Å². The predicted molar refractivity (Wildman–Crippen MR) is 79.4 cm³/mol. The van der Waals surface area contributed by atoms with E-state index in [-0.39, 0.29) is 0 Å². The molecule has 0 saturated carbocycles. The summed E-state index contributed by atoms with van der Waals surface area (Å²) < 4.78 is 0. The maximum absolute atomic E-state index is 9.76. The molecule has 0 saturated heterocycles. The Balaban J connectivity index is 1.87. The van der Waals surface area contributed by atoms with E-state index in [0.29, 0.717) is 6.42 Å². The summed E-state index contributed by atoms with van der Waals surface area (Å²) in [6, 6.07) is 19.7. The van der Waals surface area contributed by atoms with Gasteiger partial charge in [0.05, 0.1) is 0 Å². The highest BCUT2D eigenvalue weighted by Crippen LogP contribution is 2.03. The van der Waals surface area contributed by atoms with E-state index in [2.05, 4.69) is 11.8 Å². The van der Waals surface area contributed by atoms with Gasteiger partial charge in [-0.2, -0.15) is 0 Å². The van der Waals surface area contributed by atoms with Gasteiger partial charge in [-0.05, 0) is 17.7 Å². The first-order valence-corrected chi connectivity index (χ1v) is 6.31. The summed E-state index contributed by atoms with van der Waals surface area (Å²) >= 11 is 0. The molecule has 19 heavy (non-hydrogen) atoms. The largest absolute Gasteiger partial charge is 0.380 e. The third-order valence-electron chi connectivity index (χ3n) is 2.63. The average molecular weight is 248 g/mol. The van der Waals surface area contributed by atoms with E-state index in [1.165, 1.54) is 0 Å². The van der Waals surface area contributed by atoms with Crippen molar-refractivity contribution in [2.45, 2.75) is 12.5 Å². The number of aliphatic hydroxyl groups is 1. The van der Waals surface area contributed by atoms with E-state index in [1.54, 1.807) is 0 Å². The molecule has 2 aromatic carbocycles. The lowest BCUT2D eigenvalue weighted by molar-refractivity contribution is 0.236. The van der Waals surface area contributed by atoms with Crippen molar-refractivity contribution in [3.63, 3.8) is 0 Å². The summed E-state index contributed by atoms with van der Waals surface area (Å²) in [7, 11) is 0. The maximum Gasteiger partial charge on any atom is 0.118 e. The minimum atomic E-state index is -0.625. The van der Waals surface area contributed by atoms with Crippen LogP contribution in [0.25, 0.3) is 6.08 Å². The van der Waals surface area contributed by atoms with Gasteiger partial charge in [-0.15, -0.1) is 0 Å². The van der Waals surface area contributed by atoms with Crippen LogP contribution in [0.5, 0.6) is 0 Å². The zero-order chi connectivity index (χ0) is 13.3. The van der Waals surface area contributed by atoms with E-state index < -0.39 is 6.10 Å². The first-order chi connectivity index (χ1) is 9.34. The molecule has 1 heteroatoms. The molecule has 0 fully saturated rings. The minimum absolute atomic E-state index is 0.536. The third-order valence-corrected chi connectivity index (χ3v) is 2.63. The molecule has 2 rings (SSSR count). The molecule has 0 bridgehead atoms. The minimum Gasteiger partial charge on any atom is -0.380 e. The summed E-state index contributed by atoms with van der Waals surface area (Å²) in [4.78, 5) is 0. The monoisotopic (exact) mass is 248 g/mol. The maximum atomic E-state index is 9.76. The Morgan fingerprint density at radius 1 is 0.947 bits per heavy atom. The Labute approximate surface area is 114 Å². The molecular formula is C18H16O. The number of benzene rings is 2. The predicted octanol–water partition coefficient (Wildman–Crippen LogP) is 3.50. The molecule has 0 aromatic heterocycles. The molecule has 1 nitrogen and oxygen atoms in total. The number of rotatable bonds is 3. The zero-order valence-electron chi connectivity index (χ0n) is 10.7. The van der Waals surface area contributed by atoms with Crippen LogP contribution in [0.3, 0.4) is 0 Å². The third kappa shape index (κ3) is 4.83. The van der Waals surface area contributed by atoms with Crippen molar-refractivity contribution in [3.05, 3.63) is 77.9 Å². The molecule has 0 aliphatic rings. The molecule has 94 valence electrons. The SMILES string of the molecule is OC(C#Cc1ccccc1)C/C=C/c1ccccc1. The van der Waals surface area contributed by atoms with E-state index >= 15 is 0 Å². The van der Waals surface area contributed by atoms with Gasteiger partial charge in [0.2, 0.25) is 0 Å². The Kier molecular flexibility index (Phi) is 4.98. The zero-order valence-corrected chi connectivity index (χ0v) is 10.7. The quantitative estimate of drug-likeness (QED) is 0.824. The number of aliphatic hydroxyl groups excluding tert-OH is 1. The molecule has 0 aliphatic heterocycles. The van der Waals surface area contributed by atoms with Crippen molar-refractivity contribution in [1.82, 2.24) is 0 Å². The topological polar surface area (TPSA) is 20.2 Å². The Hall–Kier alpha value is -2.30. The van der Waals surface area contributed by atoms with E-state index in [4.69, 9.17) is 0 Å². The summed E-state index contributed by atoms with van der Waals surface area (Å²) in [6.45, 7) is 0. The highest BCUT2D eigenvalue weighted by Gasteiger charge is 1.94. The fourth-order valence-corrected chi connectivity index (χ4v) is 1.64. The molecule has 0 amide bonds. The summed E-state index contributed by atoms with van der Waals surface area (Å²) in [6.07, 6.45) is 3.85. The lowest BCUT2D eigenvalue weighted by Crippen LogP contribution is -2.00. The molecule has 0 spiro atoms. The van der Waals surface area contributed by atoms with E-state index in [1.807, 2.05) is 72.8 Å². The number of hydrogen-bond acceptors (Lipinski definition) is 1. The van der Waals surface area contributed by atoms with Crippen LogP contribution in [0.4, 0.5) is 0 Å². The van der Waals surface area contributed by atoms with Gasteiger partial charge in [0.25, 0.3) is 0 Å². The second-order valence-corrected chi connectivity index (χ2v) is 4.20. The second kappa shape index (κ2) is 7.20. The van der Waals surface area contributed by atoms with E-state index in [9.17, 15) is 5.11 Å². The van der Waals surface area contributed by atoms with Crippen LogP contribution >= 0.6 is 0 Å². The van der Waals surface area contributed by atoms with Gasteiger partial charge in [-0.25, -0.2) is 0 Å². The Morgan fingerprint density at radius 2 is 1.58 bits per heavy atom. The van der Waals surface area contributed by atoms with Gasteiger partial charge in [-0.3, -0.25) is 0 Å². The standard InChI is InChI=1S/C18H16O/c19-18(15-14-17-10-5-2-6-11-17)13-7-12-16-8-3-1-4-9-16/h1-12,18-19H,13H2/b12-7+. The van der Waals surface area contributed by atoms with Gasteiger partial charge < -0.3 is 5.11 Å². The van der Waals surface area contributed by atoms with Crippen molar-refractivity contribution in [1.29, 1.82) is 0 Å². The Bertz CT molecular complexity index is 573. The van der Waals surface area contributed by atoms with E-state index in [0.717, 1.165) is 11.1 Å². The van der Waals surface area contributed by atoms with Crippen molar-refractivity contribution in [3.8, 4) is 11.8 Å². The first-order valence-electron chi connectivity index (χ1n) is 6.31. The normalized spacial score (nSPS) is 11.8. The highest BCUT2D eigenvalue weighted by molar-refractivity contribution is 5.48. The van der Waals surface area contributed by atoms with Gasteiger partial charge >= 0.3 is 0 Å². The summed E-state index contributed by atoms with van der Waals surface area (Å²) in [5, 5.41) is 9.76. The summed E-state index contributed by atoms with van der Waals surface area (Å²) in [5.74, 6) is 5.80. The lowest BCUT2D eigenvalue weighted by Gasteiger charge is -1.97. The van der Waals surface area contributed by atoms with Crippen molar-refractivity contribution >= 4 is 6.08 Å². The fourth-order valence-electron chi connectivity index (χ4n) is 1.64. The lowest BCUT2D eigenvalue weighted by atomic mass is 10.1. The van der Waals surface area contributed by atoms with Crippen molar-refractivity contribution in [2.24, 2.45) is 0 Å². The number of hydrogen-bond donors (Lipinski definition) is 1. The molecule has 2 aromatic rings. The molecule has 1 N–H and O–H groups in total. The highest BCUT2D eigenvalue weighted by atomic mass is 16.3. The smallest absolute Gasteiger partial charge is 0.118 e. The second-order valence-electron chi connectivity index (χ2n) is 4.20. The van der Waals surface area contributed by atoms with Gasteiger partial charge in [-0.1, -0.05) is 72.5 Å². The van der Waals surface area contributed by atoms with Crippen molar-refractivity contribution in [2.75, 3.05) is 0 Å². The van der Waals surface area contributed by atoms with Crippen LogP contribution in [0.1, 0.15) is 17.5 Å². The van der Waals surface area contributed by atoms with Crippen LogP contribution in [-0.2, 0) is 0 Å². The Morgan fingerprint density at radius 3 is 2.26 bits per heavy atom. The summed E-state index contributed by atoms with van der Waals surface area (Å²) in [5.41, 5.74) is 2.05. The van der Waals surface area contributed by atoms with Crippen LogP contribution in [0.15, 0.2) is 66.7 Å². The molecule has 1 unspecified atom stereocenters. The molecule has 0 heterocycles. The first kappa shape index (κ1) is 13.1. The molecule has 0 aliphatic carbocycles. The molecule has 1 atom stereocenters. The van der Waals surface area contributed by atoms with Gasteiger partial charge in [0, 0.05) is 12.0 Å². The van der Waals surface area contributed by atoms with Crippen LogP contribution in [-0.4, -0.2) is 11.2 Å². The van der Waals surface area contributed by atoms with Crippen LogP contribution in [0.2, 0.25) is 0 Å². The average Bonchev–Trinajstić information content (AvgIpc) is 2.47. The van der Waals surface area contributed by atoms with Crippen molar-refractivity contribution < 1.29 is 5.11 Å². The van der Waals surface area contributed by atoms with Crippen LogP contribution in [0, 0.1) is 11.8 Å². The van der Waals surface area contributed by atoms with Crippen LogP contribution < -0.4 is 0 Å².